The molecule has 178 valence electrons. The van der Waals surface area contributed by atoms with Crippen LogP contribution in [0.15, 0.2) is 42.5 Å². The molecule has 0 N–H and O–H groups in total. The van der Waals surface area contributed by atoms with Crippen molar-refractivity contribution >= 4 is 29.1 Å². The molecule has 5 rings (SSSR count). The molecule has 0 saturated carbocycles. The second-order valence-electron chi connectivity index (χ2n) is 8.77. The van der Waals surface area contributed by atoms with Gasteiger partial charge in [0.05, 0.1) is 11.4 Å². The quantitative estimate of drug-likeness (QED) is 0.691. The number of hydrogen-bond donors (Lipinski definition) is 0. The second kappa shape index (κ2) is 9.32. The maximum Gasteiger partial charge on any atom is 0.265 e. The summed E-state index contributed by atoms with van der Waals surface area (Å²) >= 11 is 0. The molecule has 0 aromatic heterocycles. The monoisotopic (exact) mass is 466 g/mol. The van der Waals surface area contributed by atoms with Crippen LogP contribution in [-0.4, -0.2) is 79.9 Å². The highest BCUT2D eigenvalue weighted by molar-refractivity contribution is 6.04. The number of halogens is 1. The van der Waals surface area contributed by atoms with Crippen LogP contribution in [0.1, 0.15) is 23.2 Å². The van der Waals surface area contributed by atoms with Gasteiger partial charge in [-0.3, -0.25) is 19.3 Å². The summed E-state index contributed by atoms with van der Waals surface area (Å²) in [6, 6.07) is 11.6. The van der Waals surface area contributed by atoms with E-state index >= 15 is 0 Å². The van der Waals surface area contributed by atoms with E-state index in [4.69, 9.17) is 4.74 Å². The van der Waals surface area contributed by atoms with E-state index < -0.39 is 0 Å². The van der Waals surface area contributed by atoms with E-state index in [1.807, 2.05) is 4.90 Å². The summed E-state index contributed by atoms with van der Waals surface area (Å²) in [5.41, 5.74) is 1.41. The van der Waals surface area contributed by atoms with Crippen LogP contribution in [0.25, 0.3) is 0 Å². The molecule has 2 aromatic rings. The first-order valence-corrected chi connectivity index (χ1v) is 11.6. The van der Waals surface area contributed by atoms with Gasteiger partial charge in [0.2, 0.25) is 5.91 Å². The van der Waals surface area contributed by atoms with Crippen molar-refractivity contribution in [3.8, 4) is 5.75 Å². The Hall–Kier alpha value is -3.62. The van der Waals surface area contributed by atoms with Gasteiger partial charge in [0.15, 0.2) is 6.61 Å². The van der Waals surface area contributed by atoms with Crippen LogP contribution in [-0.2, 0) is 9.59 Å². The molecule has 8 nitrogen and oxygen atoms in total. The predicted molar refractivity (Wildman–Crippen MR) is 125 cm³/mol. The third kappa shape index (κ3) is 4.30. The number of carbonyl (C=O) groups is 3. The summed E-state index contributed by atoms with van der Waals surface area (Å²) in [5.74, 6) is -0.359. The highest BCUT2D eigenvalue weighted by atomic mass is 19.1. The number of benzene rings is 2. The summed E-state index contributed by atoms with van der Waals surface area (Å²) in [6.45, 7) is 3.18. The minimum absolute atomic E-state index is 0.0614. The maximum absolute atomic E-state index is 14.1. The van der Waals surface area contributed by atoms with E-state index in [1.54, 1.807) is 46.2 Å². The third-order valence-corrected chi connectivity index (χ3v) is 6.66. The van der Waals surface area contributed by atoms with Gasteiger partial charge in [-0.05, 0) is 43.2 Å². The fourth-order valence-electron chi connectivity index (χ4n) is 4.75. The first-order valence-electron chi connectivity index (χ1n) is 11.6. The Kier molecular flexibility index (Phi) is 6.08. The van der Waals surface area contributed by atoms with E-state index in [2.05, 4.69) is 0 Å². The number of fused-ring (bicyclic) bond motifs is 1. The summed E-state index contributed by atoms with van der Waals surface area (Å²) < 4.78 is 19.7. The Labute approximate surface area is 197 Å². The lowest BCUT2D eigenvalue weighted by Gasteiger charge is -2.36. The maximum atomic E-state index is 14.1. The van der Waals surface area contributed by atoms with Gasteiger partial charge in [0.25, 0.3) is 11.8 Å². The second-order valence-corrected chi connectivity index (χ2v) is 8.77. The van der Waals surface area contributed by atoms with Gasteiger partial charge in [0, 0.05) is 44.8 Å². The molecule has 3 heterocycles. The minimum atomic E-state index is -0.303. The zero-order valence-corrected chi connectivity index (χ0v) is 18.9. The largest absolute Gasteiger partial charge is 0.482 e. The lowest BCUT2D eigenvalue weighted by Crippen LogP contribution is -2.49. The molecule has 2 fully saturated rings. The average Bonchev–Trinajstić information content (AvgIpc) is 3.41. The molecule has 9 heteroatoms. The molecular formula is C25H27FN4O4. The normalized spacial score (nSPS) is 18.1. The number of ether oxygens (including phenoxy) is 1. The molecule has 0 spiro atoms. The number of carbonyl (C=O) groups excluding carboxylic acids is 3. The molecule has 34 heavy (non-hydrogen) atoms. The Morgan fingerprint density at radius 3 is 2.35 bits per heavy atom. The highest BCUT2D eigenvalue weighted by Gasteiger charge is 2.31. The predicted octanol–water partition coefficient (Wildman–Crippen LogP) is 2.14. The van der Waals surface area contributed by atoms with Crippen molar-refractivity contribution in [2.24, 2.45) is 0 Å². The number of amides is 3. The zero-order valence-electron chi connectivity index (χ0n) is 18.9. The average molecular weight is 467 g/mol. The SMILES string of the molecule is O=C(CN1C(=O)COc2ccc(C(=O)N3CCN(c4ccccc4F)CC3)cc21)N1CCCC1. The number of rotatable bonds is 4. The van der Waals surface area contributed by atoms with E-state index in [0.717, 1.165) is 12.8 Å². The van der Waals surface area contributed by atoms with E-state index in [-0.39, 0.29) is 36.7 Å². The van der Waals surface area contributed by atoms with Gasteiger partial charge in [-0.25, -0.2) is 4.39 Å². The molecule has 3 aliphatic heterocycles. The van der Waals surface area contributed by atoms with Crippen molar-refractivity contribution in [2.75, 3.05) is 62.2 Å². The summed E-state index contributed by atoms with van der Waals surface area (Å²) in [5, 5.41) is 0. The highest BCUT2D eigenvalue weighted by Crippen LogP contribution is 2.33. The molecule has 3 amide bonds. The lowest BCUT2D eigenvalue weighted by molar-refractivity contribution is -0.131. The number of piperazine rings is 1. The van der Waals surface area contributed by atoms with Crippen molar-refractivity contribution in [1.29, 1.82) is 0 Å². The Morgan fingerprint density at radius 1 is 0.882 bits per heavy atom. The van der Waals surface area contributed by atoms with Gasteiger partial charge in [-0.15, -0.1) is 0 Å². The first-order chi connectivity index (χ1) is 16.5. The smallest absolute Gasteiger partial charge is 0.265 e. The topological polar surface area (TPSA) is 73.4 Å². The van der Waals surface area contributed by atoms with E-state index in [1.165, 1.54) is 11.0 Å². The van der Waals surface area contributed by atoms with Gasteiger partial charge >= 0.3 is 0 Å². The molecule has 0 radical (unpaired) electrons. The minimum Gasteiger partial charge on any atom is -0.482 e. The molecule has 2 saturated heterocycles. The van der Waals surface area contributed by atoms with Crippen LogP contribution < -0.4 is 14.5 Å². The van der Waals surface area contributed by atoms with Gasteiger partial charge in [0.1, 0.15) is 18.1 Å². The molecule has 0 bridgehead atoms. The van der Waals surface area contributed by atoms with Crippen LogP contribution >= 0.6 is 0 Å². The first kappa shape index (κ1) is 22.2. The number of nitrogens with zero attached hydrogens (tertiary/aromatic N) is 4. The van der Waals surface area contributed by atoms with Crippen LogP contribution in [0.2, 0.25) is 0 Å². The van der Waals surface area contributed by atoms with Crippen molar-refractivity contribution in [3.63, 3.8) is 0 Å². The van der Waals surface area contributed by atoms with Crippen LogP contribution in [0.4, 0.5) is 15.8 Å². The van der Waals surface area contributed by atoms with E-state index in [9.17, 15) is 18.8 Å². The van der Waals surface area contributed by atoms with Crippen molar-refractivity contribution in [3.05, 3.63) is 53.8 Å². The number of hydrogen-bond acceptors (Lipinski definition) is 5. The van der Waals surface area contributed by atoms with Gasteiger partial charge < -0.3 is 19.4 Å². The number of para-hydroxylation sites is 1. The fourth-order valence-corrected chi connectivity index (χ4v) is 4.75. The third-order valence-electron chi connectivity index (χ3n) is 6.66. The van der Waals surface area contributed by atoms with E-state index in [0.29, 0.717) is 62.0 Å². The number of likely N-dealkylation sites (tertiary alicyclic amines) is 1. The lowest BCUT2D eigenvalue weighted by atomic mass is 10.1. The standard InChI is InChI=1S/C25H27FN4O4/c26-19-5-1-2-6-20(19)27-11-13-29(14-12-27)25(33)18-7-8-22-21(15-18)30(24(32)17-34-22)16-23(31)28-9-3-4-10-28/h1-2,5-8,15H,3-4,9-14,16-17H2. The van der Waals surface area contributed by atoms with Crippen molar-refractivity contribution in [2.45, 2.75) is 12.8 Å². The van der Waals surface area contributed by atoms with Crippen molar-refractivity contribution < 1.29 is 23.5 Å². The summed E-state index contributed by atoms with van der Waals surface area (Å²) in [6.07, 6.45) is 1.95. The zero-order chi connectivity index (χ0) is 23.7. The van der Waals surface area contributed by atoms with Crippen LogP contribution in [0, 0.1) is 5.82 Å². The Balaban J connectivity index is 1.30. The molecule has 0 aliphatic carbocycles. The molecule has 3 aliphatic rings. The van der Waals surface area contributed by atoms with Crippen molar-refractivity contribution in [1.82, 2.24) is 9.80 Å². The Morgan fingerprint density at radius 2 is 1.62 bits per heavy atom. The number of anilines is 2. The van der Waals surface area contributed by atoms with Crippen LogP contribution in [0.3, 0.4) is 0 Å². The molecule has 0 atom stereocenters. The van der Waals surface area contributed by atoms with Gasteiger partial charge in [-0.1, -0.05) is 12.1 Å². The summed E-state index contributed by atoms with van der Waals surface area (Å²) in [4.78, 5) is 45.4. The van der Waals surface area contributed by atoms with Gasteiger partial charge in [-0.2, -0.15) is 0 Å². The van der Waals surface area contributed by atoms with Crippen LogP contribution in [0.5, 0.6) is 5.75 Å². The summed E-state index contributed by atoms with van der Waals surface area (Å²) in [7, 11) is 0. The molecular weight excluding hydrogens is 439 g/mol. The molecule has 0 unspecified atom stereocenters. The Bertz CT molecular complexity index is 1110. The fraction of sp³-hybridized carbons (Fsp3) is 0.400. The molecule has 2 aromatic carbocycles.